The lowest BCUT2D eigenvalue weighted by Crippen LogP contribution is -2.29. The van der Waals surface area contributed by atoms with Crippen LogP contribution in [0, 0.1) is 5.92 Å². The number of nitrogens with zero attached hydrogens (tertiary/aromatic N) is 3. The van der Waals surface area contributed by atoms with Crippen LogP contribution in [0.3, 0.4) is 0 Å². The summed E-state index contributed by atoms with van der Waals surface area (Å²) in [6, 6.07) is 8.98. The zero-order valence-electron chi connectivity index (χ0n) is 18.3. The van der Waals surface area contributed by atoms with E-state index in [1.54, 1.807) is 12.1 Å². The van der Waals surface area contributed by atoms with Crippen molar-refractivity contribution in [2.24, 2.45) is 5.92 Å². The number of rotatable bonds is 5. The zero-order valence-corrected chi connectivity index (χ0v) is 18.3. The summed E-state index contributed by atoms with van der Waals surface area (Å²) in [6.45, 7) is 0.487. The molecule has 1 aliphatic heterocycles. The Hall–Kier alpha value is -4.22. The summed E-state index contributed by atoms with van der Waals surface area (Å²) in [5.74, 6) is -2.76. The smallest absolute Gasteiger partial charge is 0.416 e. The number of carbonyl (C=O) groups is 3. The molecule has 0 spiro atoms. The summed E-state index contributed by atoms with van der Waals surface area (Å²) < 4.78 is 43.8. The van der Waals surface area contributed by atoms with Crippen molar-refractivity contribution in [3.63, 3.8) is 0 Å². The number of aromatic nitrogens is 2. The standard InChI is InChI=1S/C23H19F3N4O5/c1-35-22(34)18-19(29-16-7-4-14(23(24,25)26)10-17(16)28-18)27-15-5-2-12(3-6-15)20(31)30-9-8-13(11-30)21(32)33/h2-7,10,13H,8-9,11H2,1H3,(H,27,29)(H,32,33). The van der Waals surface area contributed by atoms with Crippen LogP contribution in [-0.4, -0.2) is 58.0 Å². The SMILES string of the molecule is COC(=O)c1nc2cc(C(F)(F)F)ccc2nc1Nc1ccc(C(=O)N2CCC(C(=O)O)C2)cc1. The number of aliphatic carboxylic acids is 1. The van der Waals surface area contributed by atoms with Gasteiger partial charge in [-0.25, -0.2) is 14.8 Å². The number of halogens is 3. The second kappa shape index (κ2) is 9.20. The number of benzene rings is 2. The number of hydrogen-bond donors (Lipinski definition) is 2. The van der Waals surface area contributed by atoms with Gasteiger partial charge in [-0.2, -0.15) is 13.2 Å². The first-order valence-electron chi connectivity index (χ1n) is 10.4. The number of amides is 1. The second-order valence-electron chi connectivity index (χ2n) is 7.89. The van der Waals surface area contributed by atoms with E-state index in [0.717, 1.165) is 25.3 Å². The van der Waals surface area contributed by atoms with E-state index in [1.165, 1.54) is 17.0 Å². The number of fused-ring (bicyclic) bond motifs is 1. The lowest BCUT2D eigenvalue weighted by molar-refractivity contribution is -0.141. The molecule has 0 bridgehead atoms. The van der Waals surface area contributed by atoms with Gasteiger partial charge in [-0.3, -0.25) is 9.59 Å². The van der Waals surface area contributed by atoms with Crippen LogP contribution in [-0.2, 0) is 15.7 Å². The minimum atomic E-state index is -4.58. The quantitative estimate of drug-likeness (QED) is 0.521. The van der Waals surface area contributed by atoms with E-state index < -0.39 is 29.6 Å². The maximum atomic E-state index is 13.0. The molecule has 1 saturated heterocycles. The van der Waals surface area contributed by atoms with Crippen LogP contribution in [0.2, 0.25) is 0 Å². The van der Waals surface area contributed by atoms with Crippen molar-refractivity contribution >= 4 is 40.4 Å². The molecule has 2 N–H and O–H groups in total. The van der Waals surface area contributed by atoms with Crippen molar-refractivity contribution in [2.75, 3.05) is 25.5 Å². The number of methoxy groups -OCH3 is 1. The topological polar surface area (TPSA) is 122 Å². The number of hydrogen-bond acceptors (Lipinski definition) is 7. The van der Waals surface area contributed by atoms with Crippen LogP contribution in [0.5, 0.6) is 0 Å². The largest absolute Gasteiger partial charge is 0.481 e. The number of esters is 1. The van der Waals surface area contributed by atoms with Crippen LogP contribution in [0.15, 0.2) is 42.5 Å². The van der Waals surface area contributed by atoms with Crippen LogP contribution < -0.4 is 5.32 Å². The molecule has 9 nitrogen and oxygen atoms in total. The number of nitrogens with one attached hydrogen (secondary N) is 1. The number of alkyl halides is 3. The second-order valence-corrected chi connectivity index (χ2v) is 7.89. The van der Waals surface area contributed by atoms with Crippen molar-refractivity contribution in [1.82, 2.24) is 14.9 Å². The molecule has 3 aromatic rings. The van der Waals surface area contributed by atoms with Crippen LogP contribution in [0.1, 0.15) is 32.8 Å². The maximum absolute atomic E-state index is 13.0. The first kappa shape index (κ1) is 23.9. The fourth-order valence-corrected chi connectivity index (χ4v) is 3.72. The highest BCUT2D eigenvalue weighted by atomic mass is 19.4. The summed E-state index contributed by atoms with van der Waals surface area (Å²) in [5, 5.41) is 12.0. The summed E-state index contributed by atoms with van der Waals surface area (Å²) in [6.07, 6.45) is -4.19. The number of carbonyl (C=O) groups excluding carboxylic acids is 2. The van der Waals surface area contributed by atoms with Gasteiger partial charge in [-0.15, -0.1) is 0 Å². The minimum Gasteiger partial charge on any atom is -0.481 e. The van der Waals surface area contributed by atoms with Gasteiger partial charge in [0.1, 0.15) is 0 Å². The Balaban J connectivity index is 1.59. The van der Waals surface area contributed by atoms with Crippen molar-refractivity contribution < 1.29 is 37.4 Å². The lowest BCUT2D eigenvalue weighted by atomic mass is 10.1. The third-order valence-electron chi connectivity index (χ3n) is 5.59. The van der Waals surface area contributed by atoms with Gasteiger partial charge >= 0.3 is 18.1 Å². The first-order chi connectivity index (χ1) is 16.6. The van der Waals surface area contributed by atoms with Crippen molar-refractivity contribution in [2.45, 2.75) is 12.6 Å². The molecule has 4 rings (SSSR count). The molecule has 182 valence electrons. The third kappa shape index (κ3) is 5.00. The summed E-state index contributed by atoms with van der Waals surface area (Å²) in [7, 11) is 1.11. The number of carboxylic acid groups (broad SMARTS) is 1. The minimum absolute atomic E-state index is 0.0352. The van der Waals surface area contributed by atoms with E-state index in [2.05, 4.69) is 15.3 Å². The molecular weight excluding hydrogens is 469 g/mol. The Morgan fingerprint density at radius 3 is 2.40 bits per heavy atom. The predicted molar refractivity (Wildman–Crippen MR) is 117 cm³/mol. The molecular formula is C23H19F3N4O5. The third-order valence-corrected chi connectivity index (χ3v) is 5.59. The van der Waals surface area contributed by atoms with Gasteiger partial charge < -0.3 is 20.1 Å². The van der Waals surface area contributed by atoms with Crippen molar-refractivity contribution in [3.05, 3.63) is 59.3 Å². The number of likely N-dealkylation sites (tertiary alicyclic amines) is 1. The van der Waals surface area contributed by atoms with E-state index >= 15 is 0 Å². The van der Waals surface area contributed by atoms with E-state index in [-0.39, 0.29) is 35.0 Å². The molecule has 2 heterocycles. The first-order valence-corrected chi connectivity index (χ1v) is 10.4. The molecule has 2 aromatic carbocycles. The molecule has 0 radical (unpaired) electrons. The van der Waals surface area contributed by atoms with Gasteiger partial charge in [-0.05, 0) is 48.9 Å². The van der Waals surface area contributed by atoms with Gasteiger partial charge in [0, 0.05) is 24.3 Å². The van der Waals surface area contributed by atoms with Crippen LogP contribution >= 0.6 is 0 Å². The molecule has 1 aromatic heterocycles. The summed E-state index contributed by atoms with van der Waals surface area (Å²) in [4.78, 5) is 45.8. The summed E-state index contributed by atoms with van der Waals surface area (Å²) in [5.41, 5.74) is -0.463. The molecule has 35 heavy (non-hydrogen) atoms. The summed E-state index contributed by atoms with van der Waals surface area (Å²) >= 11 is 0. The molecule has 1 atom stereocenters. The Bertz CT molecular complexity index is 1310. The number of anilines is 2. The Morgan fingerprint density at radius 1 is 1.09 bits per heavy atom. The highest BCUT2D eigenvalue weighted by Gasteiger charge is 2.32. The Labute approximate surface area is 196 Å². The molecule has 1 amide bonds. The van der Waals surface area contributed by atoms with E-state index in [0.29, 0.717) is 24.2 Å². The zero-order chi connectivity index (χ0) is 25.3. The fraction of sp³-hybridized carbons (Fsp3) is 0.261. The predicted octanol–water partition coefficient (Wildman–Crippen LogP) is 3.73. The number of carboxylic acids is 1. The van der Waals surface area contributed by atoms with E-state index in [4.69, 9.17) is 9.84 Å². The molecule has 0 saturated carbocycles. The van der Waals surface area contributed by atoms with Gasteiger partial charge in [-0.1, -0.05) is 0 Å². The monoisotopic (exact) mass is 488 g/mol. The normalized spacial score (nSPS) is 15.8. The Morgan fingerprint density at radius 2 is 1.80 bits per heavy atom. The maximum Gasteiger partial charge on any atom is 0.416 e. The van der Waals surface area contributed by atoms with Crippen LogP contribution in [0.4, 0.5) is 24.7 Å². The van der Waals surface area contributed by atoms with Gasteiger partial charge in [0.25, 0.3) is 5.91 Å². The molecule has 0 aliphatic carbocycles. The lowest BCUT2D eigenvalue weighted by Gasteiger charge is -2.16. The average molecular weight is 488 g/mol. The highest BCUT2D eigenvalue weighted by molar-refractivity contribution is 5.97. The van der Waals surface area contributed by atoms with E-state index in [1.807, 2.05) is 0 Å². The van der Waals surface area contributed by atoms with Crippen molar-refractivity contribution in [1.29, 1.82) is 0 Å². The van der Waals surface area contributed by atoms with Gasteiger partial charge in [0.15, 0.2) is 11.5 Å². The van der Waals surface area contributed by atoms with E-state index in [9.17, 15) is 27.6 Å². The number of ether oxygens (including phenoxy) is 1. The van der Waals surface area contributed by atoms with Crippen LogP contribution in [0.25, 0.3) is 11.0 Å². The molecule has 12 heteroatoms. The molecule has 1 aliphatic rings. The molecule has 1 fully saturated rings. The fourth-order valence-electron chi connectivity index (χ4n) is 3.72. The Kier molecular flexibility index (Phi) is 6.29. The van der Waals surface area contributed by atoms with Gasteiger partial charge in [0.05, 0.1) is 29.6 Å². The molecule has 1 unspecified atom stereocenters. The van der Waals surface area contributed by atoms with Crippen molar-refractivity contribution in [3.8, 4) is 0 Å². The van der Waals surface area contributed by atoms with Gasteiger partial charge in [0.2, 0.25) is 0 Å². The highest BCUT2D eigenvalue weighted by Crippen LogP contribution is 2.31. The average Bonchev–Trinajstić information content (AvgIpc) is 3.33.